The maximum absolute atomic E-state index is 10.9. The van der Waals surface area contributed by atoms with E-state index in [0.717, 1.165) is 36.1 Å². The van der Waals surface area contributed by atoms with E-state index in [-0.39, 0.29) is 5.91 Å². The van der Waals surface area contributed by atoms with Crippen molar-refractivity contribution in [3.8, 4) is 6.07 Å². The van der Waals surface area contributed by atoms with Gasteiger partial charge in [-0.1, -0.05) is 6.07 Å². The Hall–Kier alpha value is -1.54. The number of primary amides is 1. The Kier molecular flexibility index (Phi) is 4.43. The first-order valence-corrected chi connectivity index (χ1v) is 7.13. The maximum atomic E-state index is 10.9. The summed E-state index contributed by atoms with van der Waals surface area (Å²) < 4.78 is 0.826. The van der Waals surface area contributed by atoms with Gasteiger partial charge in [0.15, 0.2) is 0 Å². The molecule has 0 aliphatic carbocycles. The Bertz CT molecular complexity index is 516. The van der Waals surface area contributed by atoms with E-state index in [2.05, 4.69) is 26.9 Å². The minimum atomic E-state index is -0.224. The molecule has 0 aromatic heterocycles. The minimum Gasteiger partial charge on any atom is -0.370 e. The summed E-state index contributed by atoms with van der Waals surface area (Å²) >= 11 is 3.41. The van der Waals surface area contributed by atoms with Gasteiger partial charge in [0, 0.05) is 24.0 Å². The molecule has 0 bridgehead atoms. The van der Waals surface area contributed by atoms with Gasteiger partial charge in [-0.05, 0) is 46.8 Å². The lowest BCUT2D eigenvalue weighted by Crippen LogP contribution is -2.35. The van der Waals surface area contributed by atoms with Crippen LogP contribution in [0, 0.1) is 17.2 Å². The van der Waals surface area contributed by atoms with Crippen LogP contribution in [0.25, 0.3) is 0 Å². The van der Waals surface area contributed by atoms with Crippen molar-refractivity contribution in [2.75, 3.05) is 18.0 Å². The molecule has 1 aliphatic heterocycles. The molecule has 0 radical (unpaired) electrons. The summed E-state index contributed by atoms with van der Waals surface area (Å²) in [6.45, 7) is 1.73. The van der Waals surface area contributed by atoms with Crippen molar-refractivity contribution in [2.24, 2.45) is 11.7 Å². The zero-order chi connectivity index (χ0) is 13.8. The second kappa shape index (κ2) is 6.07. The highest BCUT2D eigenvalue weighted by molar-refractivity contribution is 9.10. The van der Waals surface area contributed by atoms with Gasteiger partial charge in [0.25, 0.3) is 0 Å². The molecule has 1 amide bonds. The predicted molar refractivity (Wildman–Crippen MR) is 77.6 cm³/mol. The SMILES string of the molecule is N#Cc1c(Br)cccc1N1CCC(CC(N)=O)CC1. The summed E-state index contributed by atoms with van der Waals surface area (Å²) in [4.78, 5) is 13.1. The molecule has 5 heteroatoms. The minimum absolute atomic E-state index is 0.224. The van der Waals surface area contributed by atoms with Gasteiger partial charge in [-0.15, -0.1) is 0 Å². The third-order valence-corrected chi connectivity index (χ3v) is 4.21. The molecule has 1 aromatic carbocycles. The number of carbonyl (C=O) groups is 1. The number of nitrogens with two attached hydrogens (primary N) is 1. The average molecular weight is 322 g/mol. The van der Waals surface area contributed by atoms with Gasteiger partial charge in [0.2, 0.25) is 5.91 Å². The van der Waals surface area contributed by atoms with E-state index in [9.17, 15) is 10.1 Å². The van der Waals surface area contributed by atoms with Gasteiger partial charge in [-0.2, -0.15) is 5.26 Å². The summed E-state index contributed by atoms with van der Waals surface area (Å²) in [6.07, 6.45) is 2.36. The van der Waals surface area contributed by atoms with Crippen LogP contribution in [0.15, 0.2) is 22.7 Å². The van der Waals surface area contributed by atoms with Gasteiger partial charge in [0.1, 0.15) is 6.07 Å². The summed E-state index contributed by atoms with van der Waals surface area (Å²) in [5.41, 5.74) is 6.88. The molecule has 4 nitrogen and oxygen atoms in total. The number of hydrogen-bond acceptors (Lipinski definition) is 3. The second-order valence-electron chi connectivity index (χ2n) is 4.85. The molecular formula is C14H16BrN3O. The van der Waals surface area contributed by atoms with Crippen molar-refractivity contribution in [2.45, 2.75) is 19.3 Å². The molecule has 1 heterocycles. The van der Waals surface area contributed by atoms with Gasteiger partial charge in [-0.3, -0.25) is 4.79 Å². The van der Waals surface area contributed by atoms with Gasteiger partial charge in [0.05, 0.1) is 11.3 Å². The number of halogens is 1. The van der Waals surface area contributed by atoms with Gasteiger partial charge < -0.3 is 10.6 Å². The normalized spacial score (nSPS) is 16.1. The molecule has 100 valence electrons. The molecule has 1 aromatic rings. The lowest BCUT2D eigenvalue weighted by molar-refractivity contribution is -0.119. The number of carbonyl (C=O) groups excluding carboxylic acids is 1. The van der Waals surface area contributed by atoms with Gasteiger partial charge >= 0.3 is 0 Å². The summed E-state index contributed by atoms with van der Waals surface area (Å²) in [7, 11) is 0. The molecule has 0 spiro atoms. The van der Waals surface area contributed by atoms with Crippen LogP contribution in [0.4, 0.5) is 5.69 Å². The van der Waals surface area contributed by atoms with E-state index >= 15 is 0 Å². The first-order chi connectivity index (χ1) is 9.11. The largest absolute Gasteiger partial charge is 0.370 e. The number of rotatable bonds is 3. The number of hydrogen-bond donors (Lipinski definition) is 1. The maximum Gasteiger partial charge on any atom is 0.217 e. The summed E-state index contributed by atoms with van der Waals surface area (Å²) in [5.74, 6) is 0.157. The molecule has 2 N–H and O–H groups in total. The van der Waals surface area contributed by atoms with Crippen LogP contribution in [0.3, 0.4) is 0 Å². The lowest BCUT2D eigenvalue weighted by atomic mass is 9.93. The quantitative estimate of drug-likeness (QED) is 0.929. The highest BCUT2D eigenvalue weighted by Gasteiger charge is 2.22. The standard InChI is InChI=1S/C14H16BrN3O/c15-12-2-1-3-13(11(12)9-16)18-6-4-10(5-7-18)8-14(17)19/h1-3,10H,4-8H2,(H2,17,19). The van der Waals surface area contributed by atoms with E-state index in [1.165, 1.54) is 0 Å². The van der Waals surface area contributed by atoms with Crippen LogP contribution >= 0.6 is 15.9 Å². The van der Waals surface area contributed by atoms with Crippen LogP contribution in [0.5, 0.6) is 0 Å². The Morgan fingerprint density at radius 1 is 1.47 bits per heavy atom. The average Bonchev–Trinajstić information content (AvgIpc) is 2.38. The molecule has 0 atom stereocenters. The van der Waals surface area contributed by atoms with E-state index in [0.29, 0.717) is 17.9 Å². The predicted octanol–water partition coefficient (Wildman–Crippen LogP) is 2.41. The summed E-state index contributed by atoms with van der Waals surface area (Å²) in [5, 5.41) is 9.23. The third kappa shape index (κ3) is 3.27. The van der Waals surface area contributed by atoms with Crippen molar-refractivity contribution in [1.29, 1.82) is 5.26 Å². The monoisotopic (exact) mass is 321 g/mol. The fraction of sp³-hybridized carbons (Fsp3) is 0.429. The number of piperidine rings is 1. The Morgan fingerprint density at radius 3 is 2.74 bits per heavy atom. The van der Waals surface area contributed by atoms with Crippen LogP contribution < -0.4 is 10.6 Å². The van der Waals surface area contributed by atoms with Gasteiger partial charge in [-0.25, -0.2) is 0 Å². The topological polar surface area (TPSA) is 70.1 Å². The van der Waals surface area contributed by atoms with Crippen molar-refractivity contribution < 1.29 is 4.79 Å². The fourth-order valence-corrected chi connectivity index (χ4v) is 2.99. The number of anilines is 1. The molecule has 1 aliphatic rings. The number of amides is 1. The van der Waals surface area contributed by atoms with Crippen LogP contribution in [0.2, 0.25) is 0 Å². The Balaban J connectivity index is 2.08. The zero-order valence-electron chi connectivity index (χ0n) is 10.6. The highest BCUT2D eigenvalue weighted by Crippen LogP contribution is 2.30. The first kappa shape index (κ1) is 13.9. The van der Waals surface area contributed by atoms with E-state index in [1.807, 2.05) is 18.2 Å². The third-order valence-electron chi connectivity index (χ3n) is 3.55. The molecule has 1 saturated heterocycles. The zero-order valence-corrected chi connectivity index (χ0v) is 12.2. The van der Waals surface area contributed by atoms with Crippen LogP contribution in [-0.4, -0.2) is 19.0 Å². The van der Waals surface area contributed by atoms with Crippen molar-refractivity contribution >= 4 is 27.5 Å². The fourth-order valence-electron chi connectivity index (χ4n) is 2.55. The molecular weight excluding hydrogens is 306 g/mol. The Labute approximate surface area is 121 Å². The summed E-state index contributed by atoms with van der Waals surface area (Å²) in [6, 6.07) is 8.03. The van der Waals surface area contributed by atoms with Crippen molar-refractivity contribution in [3.05, 3.63) is 28.2 Å². The van der Waals surface area contributed by atoms with Crippen molar-refractivity contribution in [3.63, 3.8) is 0 Å². The van der Waals surface area contributed by atoms with E-state index in [1.54, 1.807) is 0 Å². The van der Waals surface area contributed by atoms with Crippen LogP contribution in [0.1, 0.15) is 24.8 Å². The van der Waals surface area contributed by atoms with Crippen molar-refractivity contribution in [1.82, 2.24) is 0 Å². The van der Waals surface area contributed by atoms with E-state index < -0.39 is 0 Å². The molecule has 0 saturated carbocycles. The lowest BCUT2D eigenvalue weighted by Gasteiger charge is -2.33. The second-order valence-corrected chi connectivity index (χ2v) is 5.70. The number of nitrogens with zero attached hydrogens (tertiary/aromatic N) is 2. The smallest absolute Gasteiger partial charge is 0.217 e. The van der Waals surface area contributed by atoms with E-state index in [4.69, 9.17) is 5.73 Å². The Morgan fingerprint density at radius 2 is 2.16 bits per heavy atom. The highest BCUT2D eigenvalue weighted by atomic mass is 79.9. The molecule has 1 fully saturated rings. The molecule has 19 heavy (non-hydrogen) atoms. The molecule has 2 rings (SSSR count). The molecule has 0 unspecified atom stereocenters. The first-order valence-electron chi connectivity index (χ1n) is 6.33. The van der Waals surface area contributed by atoms with Crippen LogP contribution in [-0.2, 0) is 4.79 Å². The number of nitriles is 1. The number of benzene rings is 1.